The van der Waals surface area contributed by atoms with Crippen molar-refractivity contribution in [3.05, 3.63) is 120 Å². The van der Waals surface area contributed by atoms with Crippen molar-refractivity contribution >= 4 is 17.7 Å². The molecule has 0 saturated carbocycles. The predicted octanol–water partition coefficient (Wildman–Crippen LogP) is 4.95. The van der Waals surface area contributed by atoms with E-state index in [1.54, 1.807) is 11.0 Å². The van der Waals surface area contributed by atoms with Gasteiger partial charge < -0.3 is 5.11 Å². The van der Waals surface area contributed by atoms with Gasteiger partial charge in [0.05, 0.1) is 17.2 Å². The topological polar surface area (TPSA) is 68.0 Å². The van der Waals surface area contributed by atoms with Gasteiger partial charge in [-0.05, 0) is 41.0 Å². The minimum atomic E-state index is -1.12. The predicted molar refractivity (Wildman–Crippen MR) is 112 cm³/mol. The first kappa shape index (κ1) is 19.3. The Morgan fingerprint density at radius 1 is 1.00 bits per heavy atom. The average Bonchev–Trinajstić information content (AvgIpc) is 3.29. The summed E-state index contributed by atoms with van der Waals surface area (Å²) >= 11 is 0. The molecule has 1 aromatic heterocycles. The molecule has 0 aliphatic carbocycles. The number of carboxylic acids is 1. The van der Waals surface area contributed by atoms with Crippen LogP contribution in [0.2, 0.25) is 0 Å². The zero-order valence-electron chi connectivity index (χ0n) is 15.9. The smallest absolute Gasteiger partial charge is 0.336 e. The molecule has 4 rings (SSSR count). The third-order valence-corrected chi connectivity index (χ3v) is 4.78. The van der Waals surface area contributed by atoms with Gasteiger partial charge in [0.15, 0.2) is 0 Å². The Balaban J connectivity index is 2.01. The molecule has 0 saturated heterocycles. The van der Waals surface area contributed by atoms with Gasteiger partial charge >= 0.3 is 5.97 Å². The summed E-state index contributed by atoms with van der Waals surface area (Å²) in [7, 11) is 0. The molecule has 30 heavy (non-hydrogen) atoms. The molecule has 0 fully saturated rings. The highest BCUT2D eigenvalue weighted by molar-refractivity contribution is 5.91. The largest absolute Gasteiger partial charge is 0.478 e. The van der Waals surface area contributed by atoms with Crippen molar-refractivity contribution in [3.63, 3.8) is 0 Å². The summed E-state index contributed by atoms with van der Waals surface area (Å²) in [5.41, 5.74) is 2.73. The molecule has 0 amide bonds. The second kappa shape index (κ2) is 8.53. The molecule has 1 unspecified atom stereocenters. The van der Waals surface area contributed by atoms with Gasteiger partial charge in [-0.2, -0.15) is 5.10 Å². The first-order valence-electron chi connectivity index (χ1n) is 9.33. The van der Waals surface area contributed by atoms with Gasteiger partial charge in [-0.3, -0.25) is 0 Å². The van der Waals surface area contributed by atoms with Crippen LogP contribution in [-0.2, 0) is 0 Å². The number of aromatic nitrogens is 3. The second-order valence-electron chi connectivity index (χ2n) is 6.70. The van der Waals surface area contributed by atoms with Gasteiger partial charge in [0.2, 0.25) is 0 Å². The first-order valence-corrected chi connectivity index (χ1v) is 9.33. The van der Waals surface area contributed by atoms with E-state index in [0.717, 1.165) is 17.2 Å². The van der Waals surface area contributed by atoms with Crippen LogP contribution in [0.1, 0.15) is 33.0 Å². The van der Waals surface area contributed by atoms with Crippen LogP contribution in [0.25, 0.3) is 11.8 Å². The Morgan fingerprint density at radius 3 is 2.33 bits per heavy atom. The molecule has 0 bridgehead atoms. The highest BCUT2D eigenvalue weighted by Crippen LogP contribution is 2.37. The molecule has 6 heteroatoms. The third-order valence-electron chi connectivity index (χ3n) is 4.78. The van der Waals surface area contributed by atoms with Crippen LogP contribution in [0.3, 0.4) is 0 Å². The van der Waals surface area contributed by atoms with E-state index in [4.69, 9.17) is 0 Å². The molecule has 0 aliphatic rings. The first-order chi connectivity index (χ1) is 14.6. The van der Waals surface area contributed by atoms with Gasteiger partial charge in [-0.15, -0.1) is 0 Å². The Morgan fingerprint density at radius 2 is 1.70 bits per heavy atom. The zero-order chi connectivity index (χ0) is 20.9. The second-order valence-corrected chi connectivity index (χ2v) is 6.70. The lowest BCUT2D eigenvalue weighted by Gasteiger charge is -2.23. The number of aromatic carboxylic acids is 1. The maximum Gasteiger partial charge on any atom is 0.336 e. The summed E-state index contributed by atoms with van der Waals surface area (Å²) in [6.45, 7) is 0. The summed E-state index contributed by atoms with van der Waals surface area (Å²) in [4.78, 5) is 16.0. The van der Waals surface area contributed by atoms with Crippen molar-refractivity contribution < 1.29 is 14.3 Å². The van der Waals surface area contributed by atoms with Crippen molar-refractivity contribution in [2.45, 2.75) is 5.92 Å². The van der Waals surface area contributed by atoms with Gasteiger partial charge in [0.25, 0.3) is 0 Å². The lowest BCUT2D eigenvalue weighted by atomic mass is 9.84. The van der Waals surface area contributed by atoms with Crippen molar-refractivity contribution in [1.29, 1.82) is 0 Å². The summed E-state index contributed by atoms with van der Waals surface area (Å²) in [5.74, 6) is -2.22. The number of carbonyl (C=O) groups is 1. The molecule has 0 aliphatic heterocycles. The molecular weight excluding hydrogens is 381 g/mol. The SMILES string of the molecule is O=C(O)c1ccc(F)cc1C(/C(=C\c1ccccc1)n1cncn1)c1ccccc1. The molecule has 1 N–H and O–H groups in total. The minimum Gasteiger partial charge on any atom is -0.478 e. The summed E-state index contributed by atoms with van der Waals surface area (Å²) in [6, 6.07) is 22.7. The van der Waals surface area contributed by atoms with Crippen LogP contribution < -0.4 is 0 Å². The van der Waals surface area contributed by atoms with E-state index in [2.05, 4.69) is 10.1 Å². The van der Waals surface area contributed by atoms with Crippen molar-refractivity contribution in [1.82, 2.24) is 14.8 Å². The molecular formula is C24H18FN3O2. The number of hydrogen-bond acceptors (Lipinski definition) is 3. The highest BCUT2D eigenvalue weighted by Gasteiger charge is 2.26. The van der Waals surface area contributed by atoms with Crippen molar-refractivity contribution in [3.8, 4) is 0 Å². The monoisotopic (exact) mass is 399 g/mol. The van der Waals surface area contributed by atoms with Crippen LogP contribution in [0.4, 0.5) is 4.39 Å². The maximum atomic E-state index is 14.3. The summed E-state index contributed by atoms with van der Waals surface area (Å²) in [5, 5.41) is 14.1. The van der Waals surface area contributed by atoms with E-state index in [1.165, 1.54) is 18.5 Å². The van der Waals surface area contributed by atoms with E-state index in [-0.39, 0.29) is 5.56 Å². The van der Waals surface area contributed by atoms with Gasteiger partial charge in [-0.25, -0.2) is 18.9 Å². The average molecular weight is 399 g/mol. The summed E-state index contributed by atoms with van der Waals surface area (Å²) in [6.07, 6.45) is 4.86. The number of rotatable bonds is 6. The number of allylic oxidation sites excluding steroid dienone is 1. The van der Waals surface area contributed by atoms with Crippen LogP contribution in [0.15, 0.2) is 91.5 Å². The van der Waals surface area contributed by atoms with E-state index < -0.39 is 17.7 Å². The normalized spacial score (nSPS) is 12.5. The zero-order valence-corrected chi connectivity index (χ0v) is 15.9. The van der Waals surface area contributed by atoms with Gasteiger partial charge in [-0.1, -0.05) is 60.7 Å². The third kappa shape index (κ3) is 4.03. The van der Waals surface area contributed by atoms with Gasteiger partial charge in [0.1, 0.15) is 18.5 Å². The van der Waals surface area contributed by atoms with E-state index in [0.29, 0.717) is 11.3 Å². The van der Waals surface area contributed by atoms with Crippen LogP contribution >= 0.6 is 0 Å². The van der Waals surface area contributed by atoms with Crippen molar-refractivity contribution in [2.24, 2.45) is 0 Å². The number of hydrogen-bond donors (Lipinski definition) is 1. The van der Waals surface area contributed by atoms with E-state index in [9.17, 15) is 14.3 Å². The van der Waals surface area contributed by atoms with Crippen LogP contribution in [0, 0.1) is 5.82 Å². The molecule has 5 nitrogen and oxygen atoms in total. The summed E-state index contributed by atoms with van der Waals surface area (Å²) < 4.78 is 15.9. The Bertz CT molecular complexity index is 1170. The molecule has 1 heterocycles. The van der Waals surface area contributed by atoms with Gasteiger partial charge in [0, 0.05) is 0 Å². The Kier molecular flexibility index (Phi) is 5.48. The molecule has 148 valence electrons. The highest BCUT2D eigenvalue weighted by atomic mass is 19.1. The van der Waals surface area contributed by atoms with E-state index in [1.807, 2.05) is 66.7 Å². The molecule has 3 aromatic carbocycles. The molecule has 0 spiro atoms. The van der Waals surface area contributed by atoms with Crippen LogP contribution in [-0.4, -0.2) is 25.8 Å². The number of carboxylic acid groups (broad SMARTS) is 1. The minimum absolute atomic E-state index is 0.0318. The molecule has 4 aromatic rings. The van der Waals surface area contributed by atoms with Crippen LogP contribution in [0.5, 0.6) is 0 Å². The molecule has 1 atom stereocenters. The fourth-order valence-corrected chi connectivity index (χ4v) is 3.47. The lowest BCUT2D eigenvalue weighted by molar-refractivity contribution is 0.0695. The Hall–Kier alpha value is -4.06. The standard InChI is InChI=1S/C24H18FN3O2/c25-19-11-12-20(24(29)30)21(14-19)23(18-9-5-2-6-10-18)22(28-16-26-15-27-28)13-17-7-3-1-4-8-17/h1-16,23H,(H,29,30)/b22-13+. The number of nitrogens with zero attached hydrogens (tertiary/aromatic N) is 3. The maximum absolute atomic E-state index is 14.3. The van der Waals surface area contributed by atoms with E-state index >= 15 is 0 Å². The fourth-order valence-electron chi connectivity index (χ4n) is 3.47. The van der Waals surface area contributed by atoms with Crippen molar-refractivity contribution in [2.75, 3.05) is 0 Å². The lowest BCUT2D eigenvalue weighted by Crippen LogP contribution is -2.15. The fraction of sp³-hybridized carbons (Fsp3) is 0.0417. The number of benzene rings is 3. The Labute approximate surface area is 172 Å². The molecule has 0 radical (unpaired) electrons. The number of halogens is 1. The quantitative estimate of drug-likeness (QED) is 0.498.